The van der Waals surface area contributed by atoms with Crippen LogP contribution in [0.4, 0.5) is 4.79 Å². The third-order valence-electron chi connectivity index (χ3n) is 4.38. The molecule has 126 valence electrons. The highest BCUT2D eigenvalue weighted by molar-refractivity contribution is 5.68. The molecule has 3 rings (SSSR count). The fourth-order valence-corrected chi connectivity index (χ4v) is 3.30. The number of ether oxygens (including phenoxy) is 1. The monoisotopic (exact) mass is 323 g/mol. The van der Waals surface area contributed by atoms with Crippen LogP contribution >= 0.6 is 0 Å². The van der Waals surface area contributed by atoms with Gasteiger partial charge in [-0.05, 0) is 47.4 Å². The van der Waals surface area contributed by atoms with Gasteiger partial charge in [0.25, 0.3) is 0 Å². The summed E-state index contributed by atoms with van der Waals surface area (Å²) in [6.07, 6.45) is 2.54. The van der Waals surface area contributed by atoms with Crippen LogP contribution in [0.25, 0.3) is 0 Å². The molecule has 0 bridgehead atoms. The van der Waals surface area contributed by atoms with Gasteiger partial charge in [-0.1, -0.05) is 62.4 Å². The molecule has 2 aromatic rings. The number of amides is 1. The fraction of sp³-hybridized carbons (Fsp3) is 0.381. The van der Waals surface area contributed by atoms with Crippen molar-refractivity contribution < 1.29 is 9.53 Å². The number of alkyl carbamates (subject to hydrolysis) is 1. The van der Waals surface area contributed by atoms with Crippen LogP contribution in [-0.4, -0.2) is 12.1 Å². The predicted molar refractivity (Wildman–Crippen MR) is 95.9 cm³/mol. The number of hydrogen-bond acceptors (Lipinski definition) is 2. The molecular weight excluding hydrogens is 298 g/mol. The molecule has 0 heterocycles. The quantitative estimate of drug-likeness (QED) is 0.892. The number of benzene rings is 2. The van der Waals surface area contributed by atoms with Crippen LogP contribution in [0.3, 0.4) is 0 Å². The summed E-state index contributed by atoms with van der Waals surface area (Å²) in [5.74, 6) is 0.659. The summed E-state index contributed by atoms with van der Waals surface area (Å²) in [5, 5.41) is 3.00. The zero-order valence-electron chi connectivity index (χ0n) is 14.4. The molecule has 0 spiro atoms. The van der Waals surface area contributed by atoms with Crippen molar-refractivity contribution in [3.63, 3.8) is 0 Å². The summed E-state index contributed by atoms with van der Waals surface area (Å²) in [5.41, 5.74) is 5.09. The maximum atomic E-state index is 12.0. The van der Waals surface area contributed by atoms with E-state index in [2.05, 4.69) is 37.4 Å². The zero-order valence-corrected chi connectivity index (χ0v) is 14.4. The fourth-order valence-electron chi connectivity index (χ4n) is 3.30. The van der Waals surface area contributed by atoms with Gasteiger partial charge in [0.05, 0.1) is 0 Å². The van der Waals surface area contributed by atoms with Crippen molar-refractivity contribution in [3.8, 4) is 0 Å². The predicted octanol–water partition coefficient (Wildman–Crippen LogP) is 4.28. The van der Waals surface area contributed by atoms with Gasteiger partial charge in [0.1, 0.15) is 6.61 Å². The van der Waals surface area contributed by atoms with Gasteiger partial charge < -0.3 is 10.1 Å². The van der Waals surface area contributed by atoms with Gasteiger partial charge in [0.15, 0.2) is 0 Å². The van der Waals surface area contributed by atoms with Crippen LogP contribution in [0.5, 0.6) is 0 Å². The highest BCUT2D eigenvalue weighted by Gasteiger charge is 2.23. The van der Waals surface area contributed by atoms with E-state index in [1.165, 1.54) is 16.7 Å². The normalized spacial score (nSPS) is 16.0. The second-order valence-electron chi connectivity index (χ2n) is 7.01. The van der Waals surface area contributed by atoms with Crippen LogP contribution < -0.4 is 5.32 Å². The molecule has 0 aliphatic heterocycles. The molecule has 24 heavy (non-hydrogen) atoms. The van der Waals surface area contributed by atoms with E-state index >= 15 is 0 Å². The first-order chi connectivity index (χ1) is 11.6. The molecule has 2 aromatic carbocycles. The van der Waals surface area contributed by atoms with Gasteiger partial charge in [-0.2, -0.15) is 0 Å². The van der Waals surface area contributed by atoms with Crippen LogP contribution in [0.2, 0.25) is 0 Å². The Morgan fingerprint density at radius 3 is 2.58 bits per heavy atom. The van der Waals surface area contributed by atoms with Crippen LogP contribution in [0.1, 0.15) is 36.1 Å². The maximum absolute atomic E-state index is 12.0. The van der Waals surface area contributed by atoms with Crippen molar-refractivity contribution in [2.45, 2.75) is 45.8 Å². The second-order valence-corrected chi connectivity index (χ2v) is 7.01. The van der Waals surface area contributed by atoms with Gasteiger partial charge in [-0.15, -0.1) is 0 Å². The largest absolute Gasteiger partial charge is 0.445 e. The molecule has 0 saturated carbocycles. The third kappa shape index (κ3) is 4.38. The Hall–Kier alpha value is -2.29. The molecule has 0 radical (unpaired) electrons. The summed E-state index contributed by atoms with van der Waals surface area (Å²) >= 11 is 0. The van der Waals surface area contributed by atoms with E-state index in [9.17, 15) is 4.79 Å². The van der Waals surface area contributed by atoms with Crippen molar-refractivity contribution in [2.24, 2.45) is 5.92 Å². The molecule has 1 N–H and O–H groups in total. The standard InChI is InChI=1S/C21H25NO2/c1-15(2)10-17-8-9-18-12-20(13-19(18)11-17)22-21(23)24-14-16-6-4-3-5-7-16/h3-9,11,15,20H,10,12-14H2,1-2H3,(H,22,23)/t20-/m0/s1. The van der Waals surface area contributed by atoms with Gasteiger partial charge in [0.2, 0.25) is 0 Å². The zero-order chi connectivity index (χ0) is 16.9. The lowest BCUT2D eigenvalue weighted by Gasteiger charge is -2.12. The van der Waals surface area contributed by atoms with Gasteiger partial charge >= 0.3 is 6.09 Å². The van der Waals surface area contributed by atoms with Gasteiger partial charge in [-0.3, -0.25) is 0 Å². The number of carbonyl (C=O) groups excluding carboxylic acids is 1. The van der Waals surface area contributed by atoms with E-state index in [1.54, 1.807) is 0 Å². The highest BCUT2D eigenvalue weighted by atomic mass is 16.5. The first-order valence-corrected chi connectivity index (χ1v) is 8.68. The van der Waals surface area contributed by atoms with Gasteiger partial charge in [-0.25, -0.2) is 4.79 Å². The van der Waals surface area contributed by atoms with Crippen LogP contribution in [-0.2, 0) is 30.6 Å². The average Bonchev–Trinajstić information content (AvgIpc) is 2.94. The molecule has 3 nitrogen and oxygen atoms in total. The molecule has 0 unspecified atom stereocenters. The topological polar surface area (TPSA) is 38.3 Å². The molecule has 1 aliphatic rings. The number of carbonyl (C=O) groups is 1. The first-order valence-electron chi connectivity index (χ1n) is 8.68. The second kappa shape index (κ2) is 7.52. The molecule has 1 atom stereocenters. The third-order valence-corrected chi connectivity index (χ3v) is 4.38. The Morgan fingerprint density at radius 2 is 1.83 bits per heavy atom. The van der Waals surface area contributed by atoms with Crippen molar-refractivity contribution in [1.29, 1.82) is 0 Å². The lowest BCUT2D eigenvalue weighted by Crippen LogP contribution is -2.35. The molecule has 1 amide bonds. The van der Waals surface area contributed by atoms with Crippen molar-refractivity contribution in [1.82, 2.24) is 5.32 Å². The highest BCUT2D eigenvalue weighted by Crippen LogP contribution is 2.24. The first kappa shape index (κ1) is 16.6. The minimum atomic E-state index is -0.334. The van der Waals surface area contributed by atoms with Gasteiger partial charge in [0, 0.05) is 6.04 Å². The van der Waals surface area contributed by atoms with E-state index in [0.717, 1.165) is 24.8 Å². The Balaban J connectivity index is 1.51. The SMILES string of the molecule is CC(C)Cc1ccc2c(c1)C[C@@H](NC(=O)OCc1ccccc1)C2. The lowest BCUT2D eigenvalue weighted by molar-refractivity contribution is 0.136. The molecule has 1 aliphatic carbocycles. The molecule has 0 saturated heterocycles. The van der Waals surface area contributed by atoms with Crippen molar-refractivity contribution in [2.75, 3.05) is 0 Å². The van der Waals surface area contributed by atoms with Crippen LogP contribution in [0.15, 0.2) is 48.5 Å². The summed E-state index contributed by atoms with van der Waals surface area (Å²) < 4.78 is 5.32. The van der Waals surface area contributed by atoms with E-state index in [1.807, 2.05) is 30.3 Å². The number of hydrogen-bond donors (Lipinski definition) is 1. The minimum Gasteiger partial charge on any atom is -0.445 e. The van der Waals surface area contributed by atoms with Crippen LogP contribution in [0, 0.1) is 5.92 Å². The van der Waals surface area contributed by atoms with E-state index in [4.69, 9.17) is 4.74 Å². The Bertz CT molecular complexity index is 694. The Labute approximate surface area is 144 Å². The summed E-state index contributed by atoms with van der Waals surface area (Å²) in [7, 11) is 0. The molecule has 0 fully saturated rings. The minimum absolute atomic E-state index is 0.137. The van der Waals surface area contributed by atoms with Crippen molar-refractivity contribution >= 4 is 6.09 Å². The van der Waals surface area contributed by atoms with E-state index < -0.39 is 0 Å². The molecular formula is C21H25NO2. The van der Waals surface area contributed by atoms with E-state index in [-0.39, 0.29) is 12.1 Å². The Morgan fingerprint density at radius 1 is 1.08 bits per heavy atom. The van der Waals surface area contributed by atoms with Crippen molar-refractivity contribution in [3.05, 3.63) is 70.8 Å². The Kier molecular flexibility index (Phi) is 5.19. The summed E-state index contributed by atoms with van der Waals surface area (Å²) in [6.45, 7) is 4.78. The number of fused-ring (bicyclic) bond motifs is 1. The summed E-state index contributed by atoms with van der Waals surface area (Å²) in [4.78, 5) is 12.0. The maximum Gasteiger partial charge on any atom is 0.407 e. The molecule has 0 aromatic heterocycles. The smallest absolute Gasteiger partial charge is 0.407 e. The number of rotatable bonds is 5. The van der Waals surface area contributed by atoms with E-state index in [0.29, 0.717) is 12.5 Å². The molecule has 3 heteroatoms. The average molecular weight is 323 g/mol. The number of nitrogens with one attached hydrogen (secondary N) is 1. The lowest BCUT2D eigenvalue weighted by atomic mass is 9.99. The summed E-state index contributed by atoms with van der Waals surface area (Å²) in [6, 6.07) is 16.6.